The summed E-state index contributed by atoms with van der Waals surface area (Å²) in [5.74, 6) is -1.15. The topological polar surface area (TPSA) is 75.4 Å². The lowest BCUT2D eigenvalue weighted by Gasteiger charge is -2.36. The number of carbonyl (C=O) groups is 1. The predicted octanol–water partition coefficient (Wildman–Crippen LogP) is 3.39. The number of hydrogen-bond donors (Lipinski definition) is 1. The zero-order valence-corrected chi connectivity index (χ0v) is 16.0. The first-order chi connectivity index (χ1) is 12.3. The Kier molecular flexibility index (Phi) is 5.25. The number of aliphatic carboxylic acids is 1. The van der Waals surface area contributed by atoms with Crippen molar-refractivity contribution in [1.82, 2.24) is 9.78 Å². The van der Waals surface area contributed by atoms with Crippen molar-refractivity contribution < 1.29 is 9.90 Å². The van der Waals surface area contributed by atoms with E-state index in [0.717, 1.165) is 5.56 Å². The quantitative estimate of drug-likeness (QED) is 0.861. The minimum atomic E-state index is -0.840. The smallest absolute Gasteiger partial charge is 0.308 e. The van der Waals surface area contributed by atoms with E-state index in [1.807, 2.05) is 18.7 Å². The second-order valence-corrected chi connectivity index (χ2v) is 7.56. The highest BCUT2D eigenvalue weighted by molar-refractivity contribution is 6.33. The van der Waals surface area contributed by atoms with Crippen molar-refractivity contribution in [2.75, 3.05) is 18.0 Å². The molecule has 0 bridgehead atoms. The first kappa shape index (κ1) is 18.7. The standard InChI is InChI=1S/C18H19Cl2N3O3/c1-10-5-12(18(25)26)9-22(8-10)15-7-21-23(17(24)16(15)20)13-4-3-11(2)14(19)6-13/h3-4,6-7,10,12H,5,8-9H2,1-2H3,(H,25,26). The maximum Gasteiger partial charge on any atom is 0.308 e. The van der Waals surface area contributed by atoms with Gasteiger partial charge in [0.2, 0.25) is 0 Å². The summed E-state index contributed by atoms with van der Waals surface area (Å²) in [6.45, 7) is 4.79. The van der Waals surface area contributed by atoms with E-state index < -0.39 is 17.4 Å². The Hall–Kier alpha value is -2.05. The van der Waals surface area contributed by atoms with Gasteiger partial charge in [-0.25, -0.2) is 0 Å². The Morgan fingerprint density at radius 3 is 2.69 bits per heavy atom. The highest BCUT2D eigenvalue weighted by atomic mass is 35.5. The molecule has 0 spiro atoms. The molecule has 0 radical (unpaired) electrons. The molecule has 1 aliphatic heterocycles. The molecule has 0 aliphatic carbocycles. The Bertz CT molecular complexity index is 913. The van der Waals surface area contributed by atoms with E-state index in [9.17, 15) is 14.7 Å². The molecule has 2 aromatic rings. The van der Waals surface area contributed by atoms with Crippen molar-refractivity contribution in [3.63, 3.8) is 0 Å². The lowest BCUT2D eigenvalue weighted by atomic mass is 9.90. The second-order valence-electron chi connectivity index (χ2n) is 6.78. The van der Waals surface area contributed by atoms with Gasteiger partial charge in [-0.1, -0.05) is 36.2 Å². The van der Waals surface area contributed by atoms with Crippen molar-refractivity contribution in [2.45, 2.75) is 20.3 Å². The number of benzene rings is 1. The minimum absolute atomic E-state index is 0.0231. The van der Waals surface area contributed by atoms with Gasteiger partial charge in [0.25, 0.3) is 5.56 Å². The fourth-order valence-electron chi connectivity index (χ4n) is 3.27. The number of carboxylic acids is 1. The summed E-state index contributed by atoms with van der Waals surface area (Å²) in [5.41, 5.74) is 1.42. The van der Waals surface area contributed by atoms with Gasteiger partial charge in [0.1, 0.15) is 5.02 Å². The molecular formula is C18H19Cl2N3O3. The van der Waals surface area contributed by atoms with Crippen LogP contribution in [0.25, 0.3) is 5.69 Å². The Morgan fingerprint density at radius 2 is 2.04 bits per heavy atom. The van der Waals surface area contributed by atoms with Crippen LogP contribution in [0.3, 0.4) is 0 Å². The average molecular weight is 396 g/mol. The maximum absolute atomic E-state index is 12.7. The molecule has 1 N–H and O–H groups in total. The van der Waals surface area contributed by atoms with E-state index in [1.165, 1.54) is 10.9 Å². The number of hydrogen-bond acceptors (Lipinski definition) is 4. The number of nitrogens with zero attached hydrogens (tertiary/aromatic N) is 3. The zero-order valence-electron chi connectivity index (χ0n) is 14.4. The van der Waals surface area contributed by atoms with E-state index in [4.69, 9.17) is 23.2 Å². The third-order valence-corrected chi connectivity index (χ3v) is 5.41. The van der Waals surface area contributed by atoms with Crippen LogP contribution in [0.2, 0.25) is 10.0 Å². The number of aromatic nitrogens is 2. The predicted molar refractivity (Wildman–Crippen MR) is 102 cm³/mol. The molecule has 1 saturated heterocycles. The first-order valence-corrected chi connectivity index (χ1v) is 9.05. The van der Waals surface area contributed by atoms with Gasteiger partial charge >= 0.3 is 5.97 Å². The number of halogens is 2. The van der Waals surface area contributed by atoms with Crippen LogP contribution in [-0.2, 0) is 4.79 Å². The lowest BCUT2D eigenvalue weighted by Crippen LogP contribution is -2.43. The zero-order chi connectivity index (χ0) is 19.0. The molecule has 6 nitrogen and oxygen atoms in total. The summed E-state index contributed by atoms with van der Waals surface area (Å²) in [7, 11) is 0. The van der Waals surface area contributed by atoms with E-state index in [0.29, 0.717) is 35.9 Å². The largest absolute Gasteiger partial charge is 0.481 e. The monoisotopic (exact) mass is 395 g/mol. The molecular weight excluding hydrogens is 377 g/mol. The number of rotatable bonds is 3. The van der Waals surface area contributed by atoms with Crippen LogP contribution in [0.4, 0.5) is 5.69 Å². The molecule has 1 fully saturated rings. The van der Waals surface area contributed by atoms with Crippen LogP contribution >= 0.6 is 23.2 Å². The molecule has 1 aromatic carbocycles. The van der Waals surface area contributed by atoms with Crippen molar-refractivity contribution in [3.8, 4) is 5.69 Å². The molecule has 1 aromatic heterocycles. The molecule has 2 atom stereocenters. The van der Waals surface area contributed by atoms with Gasteiger partial charge in [-0.3, -0.25) is 9.59 Å². The molecule has 0 amide bonds. The second kappa shape index (κ2) is 7.29. The minimum Gasteiger partial charge on any atom is -0.481 e. The molecule has 0 saturated carbocycles. The number of aryl methyl sites for hydroxylation is 1. The SMILES string of the molecule is Cc1ccc(-n2ncc(N3CC(C)CC(C(=O)O)C3)c(Cl)c2=O)cc1Cl. The third kappa shape index (κ3) is 3.57. The highest BCUT2D eigenvalue weighted by Gasteiger charge is 2.31. The van der Waals surface area contributed by atoms with E-state index in [2.05, 4.69) is 5.10 Å². The Balaban J connectivity index is 1.98. The summed E-state index contributed by atoms with van der Waals surface area (Å²) in [6, 6.07) is 5.21. The van der Waals surface area contributed by atoms with Crippen molar-refractivity contribution in [1.29, 1.82) is 0 Å². The lowest BCUT2D eigenvalue weighted by molar-refractivity contribution is -0.142. The fourth-order valence-corrected chi connectivity index (χ4v) is 3.69. The molecule has 8 heteroatoms. The van der Waals surface area contributed by atoms with Crippen LogP contribution in [0, 0.1) is 18.8 Å². The van der Waals surface area contributed by atoms with Gasteiger partial charge in [-0.05, 0) is 37.0 Å². The van der Waals surface area contributed by atoms with Crippen LogP contribution in [-0.4, -0.2) is 33.9 Å². The summed E-state index contributed by atoms with van der Waals surface area (Å²) < 4.78 is 1.19. The molecule has 2 heterocycles. The molecule has 3 rings (SSSR count). The summed E-state index contributed by atoms with van der Waals surface area (Å²) >= 11 is 12.5. The van der Waals surface area contributed by atoms with E-state index >= 15 is 0 Å². The molecule has 2 unspecified atom stereocenters. The maximum atomic E-state index is 12.7. The van der Waals surface area contributed by atoms with Crippen LogP contribution in [0.1, 0.15) is 18.9 Å². The first-order valence-electron chi connectivity index (χ1n) is 8.30. The van der Waals surface area contributed by atoms with Crippen LogP contribution < -0.4 is 10.5 Å². The van der Waals surface area contributed by atoms with Crippen molar-refractivity contribution >= 4 is 34.9 Å². The molecule has 26 heavy (non-hydrogen) atoms. The fraction of sp³-hybridized carbons (Fsp3) is 0.389. The van der Waals surface area contributed by atoms with Crippen molar-refractivity contribution in [2.24, 2.45) is 11.8 Å². The van der Waals surface area contributed by atoms with Gasteiger partial charge in [0.15, 0.2) is 0 Å². The Labute approximate surface area is 161 Å². The summed E-state index contributed by atoms with van der Waals surface area (Å²) in [5, 5.41) is 14.1. The average Bonchev–Trinajstić information content (AvgIpc) is 2.59. The van der Waals surface area contributed by atoms with Gasteiger partial charge in [-0.15, -0.1) is 0 Å². The van der Waals surface area contributed by atoms with Gasteiger partial charge in [0, 0.05) is 18.1 Å². The molecule has 1 aliphatic rings. The Morgan fingerprint density at radius 1 is 1.31 bits per heavy atom. The van der Waals surface area contributed by atoms with Gasteiger partial charge in [0.05, 0.1) is 23.5 Å². The van der Waals surface area contributed by atoms with Gasteiger partial charge < -0.3 is 10.0 Å². The van der Waals surface area contributed by atoms with Crippen molar-refractivity contribution in [3.05, 3.63) is 50.4 Å². The summed E-state index contributed by atoms with van der Waals surface area (Å²) in [4.78, 5) is 25.9. The third-order valence-electron chi connectivity index (χ3n) is 4.65. The molecule has 138 valence electrons. The van der Waals surface area contributed by atoms with Gasteiger partial charge in [-0.2, -0.15) is 9.78 Å². The van der Waals surface area contributed by atoms with E-state index in [1.54, 1.807) is 18.2 Å². The van der Waals surface area contributed by atoms with Crippen LogP contribution in [0.5, 0.6) is 0 Å². The number of carboxylic acid groups (broad SMARTS) is 1. The highest BCUT2D eigenvalue weighted by Crippen LogP contribution is 2.30. The van der Waals surface area contributed by atoms with Crippen LogP contribution in [0.15, 0.2) is 29.2 Å². The normalized spacial score (nSPS) is 20.2. The number of anilines is 1. The number of piperidine rings is 1. The summed E-state index contributed by atoms with van der Waals surface area (Å²) in [6.07, 6.45) is 2.12. The van der Waals surface area contributed by atoms with E-state index in [-0.39, 0.29) is 10.9 Å².